The largest absolute Gasteiger partial charge is 0.354 e. The summed E-state index contributed by atoms with van der Waals surface area (Å²) in [5.74, 6) is 0.0534. The zero-order valence-electron chi connectivity index (χ0n) is 12.0. The Kier molecular flexibility index (Phi) is 3.88. The summed E-state index contributed by atoms with van der Waals surface area (Å²) < 4.78 is 2.13. The lowest BCUT2D eigenvalue weighted by atomic mass is 10.1. The quantitative estimate of drug-likeness (QED) is 0.917. The van der Waals surface area contributed by atoms with Crippen molar-refractivity contribution < 1.29 is 4.79 Å². The predicted molar refractivity (Wildman–Crippen MR) is 77.1 cm³/mol. The van der Waals surface area contributed by atoms with Crippen molar-refractivity contribution >= 4 is 16.9 Å². The van der Waals surface area contributed by atoms with Gasteiger partial charge in [-0.15, -0.1) is 0 Å². The van der Waals surface area contributed by atoms with Crippen molar-refractivity contribution in [3.05, 3.63) is 30.1 Å². The summed E-state index contributed by atoms with van der Waals surface area (Å²) in [4.78, 5) is 16.1. The molecule has 0 aliphatic rings. The van der Waals surface area contributed by atoms with Crippen LogP contribution in [0.2, 0.25) is 0 Å². The molecule has 4 heteroatoms. The summed E-state index contributed by atoms with van der Waals surface area (Å²) in [5, 5.41) is 2.90. The van der Waals surface area contributed by atoms with Crippen molar-refractivity contribution in [2.24, 2.45) is 0 Å². The van der Waals surface area contributed by atoms with Crippen LogP contribution in [-0.2, 0) is 11.2 Å². The second-order valence-electron chi connectivity index (χ2n) is 5.47. The van der Waals surface area contributed by atoms with Crippen molar-refractivity contribution in [1.29, 1.82) is 0 Å². The highest BCUT2D eigenvalue weighted by atomic mass is 16.1. The number of fused-ring (bicyclic) bond motifs is 1. The van der Waals surface area contributed by atoms with Gasteiger partial charge in [-0.05, 0) is 45.4 Å². The van der Waals surface area contributed by atoms with Crippen LogP contribution in [0.4, 0.5) is 0 Å². The number of benzene rings is 1. The van der Waals surface area contributed by atoms with Gasteiger partial charge in [0.05, 0.1) is 23.8 Å². The van der Waals surface area contributed by atoms with Crippen molar-refractivity contribution in [3.8, 4) is 0 Å². The van der Waals surface area contributed by atoms with E-state index < -0.39 is 0 Å². The molecule has 0 aliphatic heterocycles. The highest BCUT2D eigenvalue weighted by Gasteiger charge is 2.09. The smallest absolute Gasteiger partial charge is 0.224 e. The van der Waals surface area contributed by atoms with Crippen LogP contribution in [0.5, 0.6) is 0 Å². The first-order chi connectivity index (χ1) is 8.97. The normalized spacial score (nSPS) is 11.5. The topological polar surface area (TPSA) is 46.9 Å². The van der Waals surface area contributed by atoms with E-state index >= 15 is 0 Å². The molecule has 1 aromatic carbocycles. The van der Waals surface area contributed by atoms with E-state index in [1.165, 1.54) is 0 Å². The van der Waals surface area contributed by atoms with Crippen molar-refractivity contribution in [2.75, 3.05) is 0 Å². The summed E-state index contributed by atoms with van der Waals surface area (Å²) >= 11 is 0. The minimum atomic E-state index is 0.0534. The summed E-state index contributed by atoms with van der Waals surface area (Å²) in [6, 6.07) is 6.61. The summed E-state index contributed by atoms with van der Waals surface area (Å²) in [6.45, 7) is 8.19. The van der Waals surface area contributed by atoms with E-state index in [1.54, 1.807) is 0 Å². The molecule has 0 spiro atoms. The van der Waals surface area contributed by atoms with Crippen LogP contribution in [-0.4, -0.2) is 21.5 Å². The summed E-state index contributed by atoms with van der Waals surface area (Å²) in [5.41, 5.74) is 3.06. The molecule has 0 fully saturated rings. The Balaban J connectivity index is 2.21. The average molecular weight is 259 g/mol. The van der Waals surface area contributed by atoms with Crippen molar-refractivity contribution in [1.82, 2.24) is 14.9 Å². The van der Waals surface area contributed by atoms with Crippen molar-refractivity contribution in [2.45, 2.75) is 46.2 Å². The third kappa shape index (κ3) is 3.13. The van der Waals surface area contributed by atoms with Gasteiger partial charge >= 0.3 is 0 Å². The van der Waals surface area contributed by atoms with Gasteiger partial charge < -0.3 is 9.88 Å². The Morgan fingerprint density at radius 3 is 2.68 bits per heavy atom. The third-order valence-electron chi connectivity index (χ3n) is 3.01. The highest BCUT2D eigenvalue weighted by molar-refractivity contribution is 5.82. The van der Waals surface area contributed by atoms with Gasteiger partial charge in [0.2, 0.25) is 5.91 Å². The molecule has 1 heterocycles. The molecule has 19 heavy (non-hydrogen) atoms. The van der Waals surface area contributed by atoms with E-state index in [0.717, 1.165) is 16.6 Å². The summed E-state index contributed by atoms with van der Waals surface area (Å²) in [7, 11) is 0. The number of nitrogens with zero attached hydrogens (tertiary/aromatic N) is 2. The molecule has 0 bridgehead atoms. The van der Waals surface area contributed by atoms with E-state index in [-0.39, 0.29) is 11.9 Å². The molecule has 2 rings (SSSR count). The van der Waals surface area contributed by atoms with Gasteiger partial charge in [-0.2, -0.15) is 0 Å². The molecule has 4 nitrogen and oxygen atoms in total. The van der Waals surface area contributed by atoms with Crippen LogP contribution in [0.3, 0.4) is 0 Å². The van der Waals surface area contributed by atoms with Gasteiger partial charge in [0, 0.05) is 12.1 Å². The van der Waals surface area contributed by atoms with Gasteiger partial charge in [-0.1, -0.05) is 6.07 Å². The van der Waals surface area contributed by atoms with Crippen LogP contribution in [0, 0.1) is 0 Å². The van der Waals surface area contributed by atoms with Gasteiger partial charge in [0.25, 0.3) is 0 Å². The first kappa shape index (κ1) is 13.6. The van der Waals surface area contributed by atoms with Gasteiger partial charge in [0.1, 0.15) is 0 Å². The van der Waals surface area contributed by atoms with E-state index in [2.05, 4.69) is 28.7 Å². The Morgan fingerprint density at radius 2 is 2.05 bits per heavy atom. The van der Waals surface area contributed by atoms with Crippen LogP contribution in [0.25, 0.3) is 11.0 Å². The molecule has 0 radical (unpaired) electrons. The van der Waals surface area contributed by atoms with E-state index in [0.29, 0.717) is 12.5 Å². The minimum absolute atomic E-state index is 0.0534. The van der Waals surface area contributed by atoms with E-state index in [4.69, 9.17) is 0 Å². The summed E-state index contributed by atoms with van der Waals surface area (Å²) in [6.07, 6.45) is 2.26. The molecule has 1 aromatic heterocycles. The maximum absolute atomic E-state index is 11.7. The Morgan fingerprint density at radius 1 is 1.32 bits per heavy atom. The second kappa shape index (κ2) is 5.43. The highest BCUT2D eigenvalue weighted by Crippen LogP contribution is 2.19. The van der Waals surface area contributed by atoms with Crippen molar-refractivity contribution in [3.63, 3.8) is 0 Å². The average Bonchev–Trinajstić information content (AvgIpc) is 2.70. The number of aromatic nitrogens is 2. The number of carbonyl (C=O) groups excluding carboxylic acids is 1. The van der Waals surface area contributed by atoms with Crippen LogP contribution in [0.15, 0.2) is 24.5 Å². The van der Waals surface area contributed by atoms with Crippen LogP contribution >= 0.6 is 0 Å². The number of hydrogen-bond donors (Lipinski definition) is 1. The second-order valence-corrected chi connectivity index (χ2v) is 5.47. The molecular weight excluding hydrogens is 238 g/mol. The van der Waals surface area contributed by atoms with E-state index in [9.17, 15) is 4.79 Å². The number of amides is 1. The van der Waals surface area contributed by atoms with Gasteiger partial charge in [0.15, 0.2) is 0 Å². The minimum Gasteiger partial charge on any atom is -0.354 e. The zero-order valence-corrected chi connectivity index (χ0v) is 12.0. The molecule has 0 atom stereocenters. The first-order valence-electron chi connectivity index (χ1n) is 6.72. The number of imidazole rings is 1. The monoisotopic (exact) mass is 259 g/mol. The molecular formula is C15H21N3O. The lowest BCUT2D eigenvalue weighted by Crippen LogP contribution is -2.31. The predicted octanol–water partition coefficient (Wildman–Crippen LogP) is 2.68. The lowest BCUT2D eigenvalue weighted by molar-refractivity contribution is -0.120. The third-order valence-corrected chi connectivity index (χ3v) is 3.01. The molecule has 1 amide bonds. The molecule has 0 saturated carbocycles. The molecule has 102 valence electrons. The van der Waals surface area contributed by atoms with Gasteiger partial charge in [-0.25, -0.2) is 4.98 Å². The van der Waals surface area contributed by atoms with Crippen LogP contribution < -0.4 is 5.32 Å². The molecule has 1 N–H and O–H groups in total. The van der Waals surface area contributed by atoms with Crippen LogP contribution in [0.1, 0.15) is 39.3 Å². The SMILES string of the molecule is CC(C)NC(=O)Cc1ccc2c(c1)ncn2C(C)C. The number of hydrogen-bond acceptors (Lipinski definition) is 2. The Labute approximate surface area is 113 Å². The standard InChI is InChI=1S/C15H21N3O/c1-10(2)17-15(19)8-12-5-6-14-13(7-12)16-9-18(14)11(3)4/h5-7,9-11H,8H2,1-4H3,(H,17,19). The fourth-order valence-corrected chi connectivity index (χ4v) is 2.16. The Bertz CT molecular complexity index is 584. The fraction of sp³-hybridized carbons (Fsp3) is 0.467. The lowest BCUT2D eigenvalue weighted by Gasteiger charge is -2.09. The zero-order chi connectivity index (χ0) is 14.0. The number of carbonyl (C=O) groups is 1. The Hall–Kier alpha value is -1.84. The van der Waals surface area contributed by atoms with Gasteiger partial charge in [-0.3, -0.25) is 4.79 Å². The van der Waals surface area contributed by atoms with E-state index in [1.807, 2.05) is 38.4 Å². The maximum atomic E-state index is 11.7. The number of rotatable bonds is 4. The maximum Gasteiger partial charge on any atom is 0.224 e. The first-order valence-corrected chi connectivity index (χ1v) is 6.72. The fourth-order valence-electron chi connectivity index (χ4n) is 2.16. The molecule has 2 aromatic rings. The molecule has 0 unspecified atom stereocenters. The molecule has 0 aliphatic carbocycles. The number of nitrogens with one attached hydrogen (secondary N) is 1. The molecule has 0 saturated heterocycles.